The van der Waals surface area contributed by atoms with E-state index >= 15 is 0 Å². The molecule has 15 nitrogen and oxygen atoms in total. The Morgan fingerprint density at radius 1 is 0.730 bits per heavy atom. The van der Waals surface area contributed by atoms with E-state index in [4.69, 9.17) is 10.3 Å². The van der Waals surface area contributed by atoms with Crippen molar-refractivity contribution < 1.29 is 51.5 Å². The van der Waals surface area contributed by atoms with Gasteiger partial charge in [-0.05, 0) is 42.5 Å². The molecule has 0 unspecified atom stereocenters. The number of hydrogen-bond acceptors (Lipinski definition) is 12. The van der Waals surface area contributed by atoms with Crippen LogP contribution in [0, 0.1) is 0 Å². The predicted octanol–water partition coefficient (Wildman–Crippen LogP) is 1.92. The normalized spacial score (nSPS) is 13.4. The minimum absolute atomic E-state index is 0.0627. The summed E-state index contributed by atoms with van der Waals surface area (Å²) in [5, 5.41) is 7.31. The lowest BCUT2D eigenvalue weighted by molar-refractivity contribution is 0.284. The van der Waals surface area contributed by atoms with Crippen LogP contribution >= 0.6 is 0 Å². The third kappa shape index (κ3) is 7.05. The molecular weight excluding hydrogens is 578 g/mol. The van der Waals surface area contributed by atoms with Gasteiger partial charge in [0.15, 0.2) is 9.84 Å². The Bertz CT molecular complexity index is 1830. The van der Waals surface area contributed by atoms with Gasteiger partial charge in [0, 0.05) is 10.8 Å². The molecule has 3 aromatic carbocycles. The molecule has 3 rings (SSSR count). The highest BCUT2D eigenvalue weighted by molar-refractivity contribution is 7.91. The number of hydrogen-bond donors (Lipinski definition) is 4. The maximum Gasteiger partial charge on any atom is 0.397 e. The zero-order valence-corrected chi connectivity index (χ0v) is 21.4. The fourth-order valence-corrected chi connectivity index (χ4v) is 5.75. The second-order valence-corrected chi connectivity index (χ2v) is 13.2. The summed E-state index contributed by atoms with van der Waals surface area (Å²) in [5.41, 5.74) is 5.53. The second-order valence-electron chi connectivity index (χ2n) is 7.23. The molecule has 0 bridgehead atoms. The average molecular weight is 596 g/mol. The highest BCUT2D eigenvalue weighted by Gasteiger charge is 2.21. The summed E-state index contributed by atoms with van der Waals surface area (Å²) < 4.78 is 124. The van der Waals surface area contributed by atoms with Gasteiger partial charge in [0.05, 0.1) is 33.5 Å². The zero-order chi connectivity index (χ0) is 27.8. The highest BCUT2D eigenvalue weighted by Crippen LogP contribution is 2.38. The Hall–Kier alpha value is -3.04. The van der Waals surface area contributed by atoms with Gasteiger partial charge in [0.2, 0.25) is 0 Å². The molecular formula is C18H17N3O12S4. The SMILES string of the molecule is Nc1c(/N=N/c2ccc(S(=O)(=O)CCOS(=O)(=O)O)cc2)cc(S(=O)(=O)O)c2ccc(S(=O)(=O)O)cc12. The number of azo groups is 1. The number of benzene rings is 3. The molecule has 0 spiro atoms. The molecule has 19 heteroatoms. The Labute approximate surface area is 211 Å². The van der Waals surface area contributed by atoms with Gasteiger partial charge in [-0.15, -0.1) is 5.11 Å². The lowest BCUT2D eigenvalue weighted by atomic mass is 10.1. The van der Waals surface area contributed by atoms with E-state index in [0.717, 1.165) is 36.4 Å². The smallest absolute Gasteiger partial charge is 0.396 e. The first-order chi connectivity index (χ1) is 16.9. The highest BCUT2D eigenvalue weighted by atomic mass is 32.3. The molecule has 0 heterocycles. The van der Waals surface area contributed by atoms with Crippen molar-refractivity contribution in [3.8, 4) is 0 Å². The molecule has 0 amide bonds. The van der Waals surface area contributed by atoms with Crippen LogP contribution in [0.25, 0.3) is 10.8 Å². The van der Waals surface area contributed by atoms with E-state index in [1.807, 2.05) is 0 Å². The number of sulfone groups is 1. The Morgan fingerprint density at radius 3 is 1.86 bits per heavy atom. The summed E-state index contributed by atoms with van der Waals surface area (Å²) in [6.07, 6.45) is 0. The number of rotatable bonds is 9. The lowest BCUT2D eigenvalue weighted by Crippen LogP contribution is -2.15. The van der Waals surface area contributed by atoms with Crippen molar-refractivity contribution in [3.05, 3.63) is 48.5 Å². The number of fused-ring (bicyclic) bond motifs is 1. The molecule has 0 saturated heterocycles. The van der Waals surface area contributed by atoms with Gasteiger partial charge in [-0.25, -0.2) is 12.6 Å². The van der Waals surface area contributed by atoms with E-state index in [2.05, 4.69) is 14.4 Å². The summed E-state index contributed by atoms with van der Waals surface area (Å²) in [6.45, 7) is -0.820. The maximum absolute atomic E-state index is 12.2. The van der Waals surface area contributed by atoms with Crippen LogP contribution in [0.4, 0.5) is 17.1 Å². The molecule has 37 heavy (non-hydrogen) atoms. The molecule has 3 aromatic rings. The summed E-state index contributed by atoms with van der Waals surface area (Å²) in [5.74, 6) is -0.759. The van der Waals surface area contributed by atoms with Gasteiger partial charge in [-0.3, -0.25) is 13.7 Å². The number of nitrogens with two attached hydrogens (primary N) is 1. The minimum Gasteiger partial charge on any atom is -0.396 e. The topological polar surface area (TPSA) is 257 Å². The van der Waals surface area contributed by atoms with Crippen molar-refractivity contribution in [2.45, 2.75) is 14.7 Å². The van der Waals surface area contributed by atoms with Gasteiger partial charge in [-0.1, -0.05) is 6.07 Å². The number of nitrogens with zero attached hydrogens (tertiary/aromatic N) is 2. The van der Waals surface area contributed by atoms with Crippen LogP contribution in [-0.4, -0.2) is 59.7 Å². The lowest BCUT2D eigenvalue weighted by Gasteiger charge is -2.10. The van der Waals surface area contributed by atoms with Crippen molar-refractivity contribution >= 4 is 68.3 Å². The Morgan fingerprint density at radius 2 is 1.32 bits per heavy atom. The van der Waals surface area contributed by atoms with Crippen LogP contribution in [0.3, 0.4) is 0 Å². The fraction of sp³-hybridized carbons (Fsp3) is 0.111. The van der Waals surface area contributed by atoms with Crippen LogP contribution in [0.2, 0.25) is 0 Å². The summed E-state index contributed by atoms with van der Waals surface area (Å²) >= 11 is 0. The number of nitrogen functional groups attached to an aromatic ring is 1. The number of anilines is 1. The van der Waals surface area contributed by atoms with Gasteiger partial charge in [0.1, 0.15) is 10.6 Å². The van der Waals surface area contributed by atoms with Gasteiger partial charge < -0.3 is 5.73 Å². The zero-order valence-electron chi connectivity index (χ0n) is 18.2. The van der Waals surface area contributed by atoms with Crippen molar-refractivity contribution in [1.29, 1.82) is 0 Å². The van der Waals surface area contributed by atoms with Crippen molar-refractivity contribution in [3.63, 3.8) is 0 Å². The molecule has 200 valence electrons. The third-order valence-corrected chi connectivity index (χ3v) is 8.62. The molecule has 5 N–H and O–H groups in total. The van der Waals surface area contributed by atoms with E-state index < -0.39 is 62.6 Å². The first-order valence-corrected chi connectivity index (χ1v) is 15.5. The molecule has 0 atom stereocenters. The standard InChI is InChI=1S/C18H17N3O12S4/c19-18-15-9-13(35(24,25)26)5-6-14(15)17(36(27,28)29)10-16(18)21-20-11-1-3-12(4-2-11)34(22,23)8-7-33-37(30,31)32/h1-6,9-10H,7-8,19H2,(H,24,25,26)(H,27,28,29)(H,30,31,32)/b21-20+. The maximum atomic E-state index is 12.2. The van der Waals surface area contributed by atoms with E-state index in [0.29, 0.717) is 0 Å². The fourth-order valence-electron chi connectivity index (χ4n) is 3.03. The van der Waals surface area contributed by atoms with Crippen LogP contribution in [0.15, 0.2) is 73.4 Å². The summed E-state index contributed by atoms with van der Waals surface area (Å²) in [7, 11) is -18.3. The Kier molecular flexibility index (Phi) is 7.73. The average Bonchev–Trinajstić information content (AvgIpc) is 2.76. The van der Waals surface area contributed by atoms with Gasteiger partial charge >= 0.3 is 10.4 Å². The third-order valence-electron chi connectivity index (χ3n) is 4.72. The van der Waals surface area contributed by atoms with Crippen LogP contribution < -0.4 is 5.73 Å². The van der Waals surface area contributed by atoms with Crippen LogP contribution in [-0.2, 0) is 44.7 Å². The van der Waals surface area contributed by atoms with Crippen molar-refractivity contribution in [2.24, 2.45) is 10.2 Å². The van der Waals surface area contributed by atoms with E-state index in [1.165, 1.54) is 12.1 Å². The monoisotopic (exact) mass is 595 g/mol. The molecule has 0 saturated carbocycles. The largest absolute Gasteiger partial charge is 0.397 e. The molecule has 0 radical (unpaired) electrons. The minimum atomic E-state index is -4.84. The predicted molar refractivity (Wildman–Crippen MR) is 128 cm³/mol. The second kappa shape index (κ2) is 10.0. The summed E-state index contributed by atoms with van der Waals surface area (Å²) in [4.78, 5) is -1.50. The molecule has 0 fully saturated rings. The Balaban J connectivity index is 1.99. The van der Waals surface area contributed by atoms with Crippen molar-refractivity contribution in [1.82, 2.24) is 0 Å². The van der Waals surface area contributed by atoms with E-state index in [9.17, 15) is 42.8 Å². The summed E-state index contributed by atoms with van der Waals surface area (Å²) in [6, 6.07) is 8.35. The molecule has 0 aliphatic heterocycles. The molecule has 0 aliphatic carbocycles. The van der Waals surface area contributed by atoms with Crippen LogP contribution in [0.1, 0.15) is 0 Å². The molecule has 0 aliphatic rings. The van der Waals surface area contributed by atoms with E-state index in [1.54, 1.807) is 0 Å². The molecule has 0 aromatic heterocycles. The van der Waals surface area contributed by atoms with Crippen LogP contribution in [0.5, 0.6) is 0 Å². The first-order valence-electron chi connectivity index (χ1n) is 9.56. The van der Waals surface area contributed by atoms with Gasteiger partial charge in [0.25, 0.3) is 20.2 Å². The quantitative estimate of drug-likeness (QED) is 0.157. The van der Waals surface area contributed by atoms with Crippen molar-refractivity contribution in [2.75, 3.05) is 18.1 Å². The first kappa shape index (κ1) is 28.5. The van der Waals surface area contributed by atoms with E-state index in [-0.39, 0.29) is 32.7 Å². The van der Waals surface area contributed by atoms with Gasteiger partial charge in [-0.2, -0.15) is 30.4 Å².